The number of furan rings is 1. The van der Waals surface area contributed by atoms with E-state index >= 15 is 0 Å². The Hall–Kier alpha value is -6.98. The van der Waals surface area contributed by atoms with E-state index < -0.39 is 0 Å². The van der Waals surface area contributed by atoms with Crippen molar-refractivity contribution in [2.24, 2.45) is 0 Å². The average molecular weight is 1050 g/mol. The zero-order valence-corrected chi connectivity index (χ0v) is 50.9. The maximum atomic E-state index is 7.25. The Morgan fingerprint density at radius 1 is 0.438 bits per heavy atom. The molecule has 406 valence electrons. The minimum absolute atomic E-state index is 0.0115. The Bertz CT molecular complexity index is 3960. The van der Waals surface area contributed by atoms with E-state index in [0.717, 1.165) is 57.5 Å². The van der Waals surface area contributed by atoms with Crippen LogP contribution in [0.1, 0.15) is 173 Å². The van der Waals surface area contributed by atoms with Gasteiger partial charge in [0, 0.05) is 56.3 Å². The van der Waals surface area contributed by atoms with E-state index in [9.17, 15) is 0 Å². The third-order valence-electron chi connectivity index (χ3n) is 19.8. The molecule has 0 N–H and O–H groups in total. The fourth-order valence-electron chi connectivity index (χ4n) is 14.6. The number of hydrogen-bond acceptors (Lipinski definition) is 4. The summed E-state index contributed by atoms with van der Waals surface area (Å²) in [6.07, 6.45) is 4.63. The summed E-state index contributed by atoms with van der Waals surface area (Å²) in [4.78, 5) is 7.81. The van der Waals surface area contributed by atoms with Gasteiger partial charge in [-0.3, -0.25) is 0 Å². The molecule has 9 aromatic rings. The van der Waals surface area contributed by atoms with Crippen LogP contribution in [0.2, 0.25) is 0 Å². The molecule has 0 saturated carbocycles. The molecule has 80 heavy (non-hydrogen) atoms. The van der Waals surface area contributed by atoms with Gasteiger partial charge in [0.15, 0.2) is 5.58 Å². The molecule has 0 saturated heterocycles. The maximum Gasteiger partial charge on any atom is 0.252 e. The predicted octanol–water partition coefficient (Wildman–Crippen LogP) is 19.4. The smallest absolute Gasteiger partial charge is 0.252 e. The van der Waals surface area contributed by atoms with Crippen molar-refractivity contribution in [3.63, 3.8) is 0 Å². The Morgan fingerprint density at radius 3 is 1.40 bits per heavy atom. The molecule has 0 unspecified atom stereocenters. The highest BCUT2D eigenvalue weighted by atomic mass is 16.3. The lowest BCUT2D eigenvalue weighted by molar-refractivity contribution is 0.332. The van der Waals surface area contributed by atoms with Crippen LogP contribution in [0.3, 0.4) is 0 Å². The summed E-state index contributed by atoms with van der Waals surface area (Å²) < 4.78 is 7.25. The van der Waals surface area contributed by atoms with Gasteiger partial charge in [-0.15, -0.1) is 0 Å². The minimum Gasteiger partial charge on any atom is -0.454 e. The number of anilines is 9. The molecule has 2 aliphatic heterocycles. The molecule has 3 heterocycles. The SMILES string of the molecule is Cc1cc2c3c(c1)N(c1cc4c(cc1C)C(C)(C)CCC4(C)C)c1c(ccc4c1oc1ccccc14)B3c1ccc(N(c3ccc(C(C)(C)C)cc3)c3ccc(C(C)(C)C)cc3)cc1N2c1cc2c(cc1C)C(C)(C)CCC2(C)C. The van der Waals surface area contributed by atoms with Gasteiger partial charge in [-0.25, -0.2) is 0 Å². The van der Waals surface area contributed by atoms with Gasteiger partial charge in [-0.2, -0.15) is 0 Å². The summed E-state index contributed by atoms with van der Waals surface area (Å²) in [5.74, 6) is 0. The number of para-hydroxylation sites is 1. The first-order chi connectivity index (χ1) is 37.6. The lowest BCUT2D eigenvalue weighted by atomic mass is 9.33. The van der Waals surface area contributed by atoms with Gasteiger partial charge >= 0.3 is 0 Å². The highest BCUT2D eigenvalue weighted by molar-refractivity contribution is 7.00. The highest BCUT2D eigenvalue weighted by Gasteiger charge is 2.47. The van der Waals surface area contributed by atoms with Gasteiger partial charge in [-0.05, 0) is 212 Å². The van der Waals surface area contributed by atoms with E-state index in [1.54, 1.807) is 0 Å². The standard InChI is InChI=1S/C75H82BN3O/c1-45-38-64-67-65(39-45)79(62-44-58-56(41-47(62)3)73(12,13)35-37-75(58,16)17)68-60(33-31-54-53-20-18-19-21-66(53)80-69(54)68)76(67)59-32-30-52(42-63(59)78(64)61-43-57-55(40-46(61)2)72(10,11)34-36-74(57,14)15)77(50-26-22-48(23-27-50)70(4,5)6)51-28-24-49(25-29-51)71(7,8)9/h18-33,38-44H,34-37H2,1-17H3. The largest absolute Gasteiger partial charge is 0.454 e. The second kappa shape index (κ2) is 17.5. The van der Waals surface area contributed by atoms with Crippen LogP contribution >= 0.6 is 0 Å². The van der Waals surface area contributed by atoms with Crippen LogP contribution < -0.4 is 31.1 Å². The Labute approximate surface area is 478 Å². The second-order valence-electron chi connectivity index (χ2n) is 29.4. The van der Waals surface area contributed by atoms with Crippen molar-refractivity contribution < 1.29 is 4.42 Å². The number of hydrogen-bond donors (Lipinski definition) is 0. The Balaban J connectivity index is 1.13. The summed E-state index contributed by atoms with van der Waals surface area (Å²) in [7, 11) is 0. The molecule has 0 bridgehead atoms. The lowest BCUT2D eigenvalue weighted by Gasteiger charge is -2.47. The molecule has 4 aliphatic rings. The van der Waals surface area contributed by atoms with Crippen LogP contribution in [0.5, 0.6) is 0 Å². The number of benzene rings is 8. The van der Waals surface area contributed by atoms with Crippen LogP contribution in [0.15, 0.2) is 144 Å². The van der Waals surface area contributed by atoms with Crippen molar-refractivity contribution >= 4 is 96.2 Å². The van der Waals surface area contributed by atoms with Crippen molar-refractivity contribution in [3.8, 4) is 0 Å². The van der Waals surface area contributed by atoms with Crippen LogP contribution in [0.25, 0.3) is 21.9 Å². The van der Waals surface area contributed by atoms with Crippen molar-refractivity contribution in [2.75, 3.05) is 14.7 Å². The van der Waals surface area contributed by atoms with E-state index in [0.29, 0.717) is 0 Å². The number of aryl methyl sites for hydroxylation is 3. The first-order valence-corrected chi connectivity index (χ1v) is 29.8. The molecular formula is C75H82BN3O. The molecular weight excluding hydrogens is 970 g/mol. The van der Waals surface area contributed by atoms with E-state index in [-0.39, 0.29) is 39.2 Å². The van der Waals surface area contributed by atoms with Crippen molar-refractivity contribution in [1.29, 1.82) is 0 Å². The van der Waals surface area contributed by atoms with Gasteiger partial charge in [0.05, 0.1) is 5.69 Å². The van der Waals surface area contributed by atoms with E-state index in [1.165, 1.54) is 108 Å². The molecule has 0 spiro atoms. The van der Waals surface area contributed by atoms with E-state index in [4.69, 9.17) is 4.42 Å². The van der Waals surface area contributed by atoms with Gasteiger partial charge in [0.1, 0.15) is 5.58 Å². The summed E-state index contributed by atoms with van der Waals surface area (Å²) in [6.45, 7) is 40.4. The molecule has 0 atom stereocenters. The molecule has 0 radical (unpaired) electrons. The lowest BCUT2D eigenvalue weighted by Crippen LogP contribution is -2.61. The molecule has 4 nitrogen and oxygen atoms in total. The first kappa shape index (κ1) is 52.4. The first-order valence-electron chi connectivity index (χ1n) is 29.8. The van der Waals surface area contributed by atoms with Crippen molar-refractivity contribution in [3.05, 3.63) is 190 Å². The zero-order chi connectivity index (χ0) is 56.5. The van der Waals surface area contributed by atoms with Crippen LogP contribution in [0.4, 0.5) is 51.2 Å². The predicted molar refractivity (Wildman–Crippen MR) is 345 cm³/mol. The Morgan fingerprint density at radius 2 is 0.887 bits per heavy atom. The maximum absolute atomic E-state index is 7.25. The molecule has 0 amide bonds. The normalized spacial score (nSPS) is 17.4. The van der Waals surface area contributed by atoms with Gasteiger partial charge < -0.3 is 19.1 Å². The molecule has 2 aliphatic carbocycles. The summed E-state index contributed by atoms with van der Waals surface area (Å²) >= 11 is 0. The highest BCUT2D eigenvalue weighted by Crippen LogP contribution is 2.55. The third kappa shape index (κ3) is 8.05. The zero-order valence-electron chi connectivity index (χ0n) is 50.9. The molecule has 8 aromatic carbocycles. The number of nitrogens with zero attached hydrogens (tertiary/aromatic N) is 3. The summed E-state index contributed by atoms with van der Waals surface area (Å²) in [6, 6.07) is 54.7. The van der Waals surface area contributed by atoms with Crippen LogP contribution in [-0.2, 0) is 32.5 Å². The molecule has 5 heteroatoms. The van der Waals surface area contributed by atoms with E-state index in [2.05, 4.69) is 272 Å². The third-order valence-corrected chi connectivity index (χ3v) is 19.8. The summed E-state index contributed by atoms with van der Waals surface area (Å²) in [5.41, 5.74) is 28.9. The topological polar surface area (TPSA) is 22.9 Å². The molecule has 1 aromatic heterocycles. The fraction of sp³-hybridized carbons (Fsp3) is 0.360. The van der Waals surface area contributed by atoms with Gasteiger partial charge in [0.25, 0.3) is 6.71 Å². The molecule has 13 rings (SSSR count). The number of fused-ring (bicyclic) bond motifs is 10. The summed E-state index contributed by atoms with van der Waals surface area (Å²) in [5, 5.41) is 2.29. The fourth-order valence-corrected chi connectivity index (χ4v) is 14.6. The van der Waals surface area contributed by atoms with Crippen molar-refractivity contribution in [1.82, 2.24) is 0 Å². The van der Waals surface area contributed by atoms with Gasteiger partial charge in [-0.1, -0.05) is 170 Å². The van der Waals surface area contributed by atoms with Crippen LogP contribution in [-0.4, -0.2) is 6.71 Å². The molecule has 0 fully saturated rings. The second-order valence-corrected chi connectivity index (χ2v) is 29.4. The Kier molecular flexibility index (Phi) is 11.5. The monoisotopic (exact) mass is 1050 g/mol. The van der Waals surface area contributed by atoms with E-state index in [1.807, 2.05) is 0 Å². The van der Waals surface area contributed by atoms with Crippen LogP contribution in [0, 0.1) is 20.8 Å². The van der Waals surface area contributed by atoms with Gasteiger partial charge in [0.2, 0.25) is 0 Å². The minimum atomic E-state index is -0.100. The number of rotatable bonds is 5. The van der Waals surface area contributed by atoms with Crippen molar-refractivity contribution in [2.45, 2.75) is 176 Å². The quantitative estimate of drug-likeness (QED) is 0.160. The average Bonchev–Trinajstić information content (AvgIpc) is 1.52.